The first kappa shape index (κ1) is 13.8. The molecule has 0 spiro atoms. The Hall–Kier alpha value is -1.60. The van der Waals surface area contributed by atoms with Gasteiger partial charge in [0.25, 0.3) is 0 Å². The van der Waals surface area contributed by atoms with E-state index in [0.717, 1.165) is 0 Å². The third-order valence-electron chi connectivity index (χ3n) is 2.52. The first-order valence-electron chi connectivity index (χ1n) is 5.39. The maximum Gasteiger partial charge on any atom is 0.223 e. The van der Waals surface area contributed by atoms with E-state index in [-0.39, 0.29) is 9.92 Å². The van der Waals surface area contributed by atoms with Gasteiger partial charge in [-0.25, -0.2) is 13.4 Å². The lowest BCUT2D eigenvalue weighted by Gasteiger charge is -2.07. The highest BCUT2D eigenvalue weighted by Crippen LogP contribution is 2.24. The zero-order chi connectivity index (χ0) is 14.0. The molecule has 19 heavy (non-hydrogen) atoms. The Morgan fingerprint density at radius 3 is 2.42 bits per heavy atom. The average molecular weight is 342 g/mol. The minimum absolute atomic E-state index is 0.0176. The molecule has 5 nitrogen and oxygen atoms in total. The van der Waals surface area contributed by atoms with Gasteiger partial charge in [-0.3, -0.25) is 0 Å². The van der Waals surface area contributed by atoms with E-state index in [0.29, 0.717) is 16.0 Å². The Bertz CT molecular complexity index is 699. The molecule has 0 aliphatic rings. The lowest BCUT2D eigenvalue weighted by atomic mass is 10.3. The standard InChI is InChI=1S/C12H12BrN3O2S/c1-15-9-6-11(13)16-12(7-9)19(17,18)10-4-2-8(14)3-5-10/h2-7H,14H2,1H3,(H,15,16). The lowest BCUT2D eigenvalue weighted by Crippen LogP contribution is -2.06. The van der Waals surface area contributed by atoms with Gasteiger partial charge in [-0.15, -0.1) is 0 Å². The van der Waals surface area contributed by atoms with Crippen LogP contribution in [0.15, 0.2) is 50.9 Å². The van der Waals surface area contributed by atoms with Crippen LogP contribution in [0.1, 0.15) is 0 Å². The van der Waals surface area contributed by atoms with Gasteiger partial charge in [0.2, 0.25) is 9.84 Å². The van der Waals surface area contributed by atoms with Crippen LogP contribution in [0.5, 0.6) is 0 Å². The number of rotatable bonds is 3. The molecular formula is C12H12BrN3O2S. The van der Waals surface area contributed by atoms with E-state index < -0.39 is 9.84 Å². The zero-order valence-electron chi connectivity index (χ0n) is 10.1. The Kier molecular flexibility index (Phi) is 3.77. The van der Waals surface area contributed by atoms with Crippen LogP contribution in [0.4, 0.5) is 11.4 Å². The van der Waals surface area contributed by atoms with Crippen molar-refractivity contribution in [1.82, 2.24) is 4.98 Å². The van der Waals surface area contributed by atoms with Gasteiger partial charge in [-0.05, 0) is 52.3 Å². The SMILES string of the molecule is CNc1cc(Br)nc(S(=O)(=O)c2ccc(N)cc2)c1. The molecule has 2 rings (SSSR count). The van der Waals surface area contributed by atoms with E-state index >= 15 is 0 Å². The van der Waals surface area contributed by atoms with Crippen LogP contribution in [0.3, 0.4) is 0 Å². The van der Waals surface area contributed by atoms with Crippen LogP contribution in [0.2, 0.25) is 0 Å². The fraction of sp³-hybridized carbons (Fsp3) is 0.0833. The smallest absolute Gasteiger partial charge is 0.223 e. The number of halogens is 1. The summed E-state index contributed by atoms with van der Waals surface area (Å²) in [5.74, 6) is 0. The molecule has 1 aromatic heterocycles. The largest absolute Gasteiger partial charge is 0.399 e. The monoisotopic (exact) mass is 341 g/mol. The van der Waals surface area contributed by atoms with Crippen molar-refractivity contribution < 1.29 is 8.42 Å². The van der Waals surface area contributed by atoms with E-state index in [1.165, 1.54) is 18.2 Å². The summed E-state index contributed by atoms with van der Waals surface area (Å²) in [4.78, 5) is 4.17. The van der Waals surface area contributed by atoms with E-state index in [4.69, 9.17) is 5.73 Å². The number of pyridine rings is 1. The van der Waals surface area contributed by atoms with Crippen molar-refractivity contribution in [3.63, 3.8) is 0 Å². The first-order chi connectivity index (χ1) is 8.93. The first-order valence-corrected chi connectivity index (χ1v) is 7.67. The summed E-state index contributed by atoms with van der Waals surface area (Å²) < 4.78 is 25.3. The fourth-order valence-corrected chi connectivity index (χ4v) is 3.31. The van der Waals surface area contributed by atoms with Crippen molar-refractivity contribution in [3.8, 4) is 0 Å². The van der Waals surface area contributed by atoms with Crippen LogP contribution in [-0.2, 0) is 9.84 Å². The van der Waals surface area contributed by atoms with E-state index in [2.05, 4.69) is 26.2 Å². The molecule has 0 saturated carbocycles. The number of aromatic nitrogens is 1. The van der Waals surface area contributed by atoms with Crippen molar-refractivity contribution in [2.75, 3.05) is 18.1 Å². The molecule has 0 amide bonds. The minimum atomic E-state index is -3.65. The number of nitrogen functional groups attached to an aromatic ring is 1. The third-order valence-corrected chi connectivity index (χ3v) is 4.58. The molecular weight excluding hydrogens is 330 g/mol. The van der Waals surface area contributed by atoms with Gasteiger partial charge in [0.1, 0.15) is 4.60 Å². The molecule has 3 N–H and O–H groups in total. The maximum atomic E-state index is 12.4. The summed E-state index contributed by atoms with van der Waals surface area (Å²) in [6, 6.07) is 9.20. The summed E-state index contributed by atoms with van der Waals surface area (Å²) >= 11 is 3.19. The second-order valence-electron chi connectivity index (χ2n) is 3.84. The van der Waals surface area contributed by atoms with Crippen LogP contribution in [-0.4, -0.2) is 20.4 Å². The van der Waals surface area contributed by atoms with Crippen molar-refractivity contribution in [1.29, 1.82) is 0 Å². The third kappa shape index (κ3) is 2.87. The number of sulfone groups is 1. The number of nitrogens with one attached hydrogen (secondary N) is 1. The van der Waals surface area contributed by atoms with Crippen LogP contribution >= 0.6 is 15.9 Å². The summed E-state index contributed by atoms with van der Waals surface area (Å²) in [5, 5.41) is 2.87. The Morgan fingerprint density at radius 1 is 1.21 bits per heavy atom. The van der Waals surface area contributed by atoms with E-state index in [9.17, 15) is 8.42 Å². The van der Waals surface area contributed by atoms with Gasteiger partial charge in [-0.1, -0.05) is 0 Å². The van der Waals surface area contributed by atoms with Crippen molar-refractivity contribution in [2.24, 2.45) is 0 Å². The highest BCUT2D eigenvalue weighted by atomic mass is 79.9. The Morgan fingerprint density at radius 2 is 1.84 bits per heavy atom. The van der Waals surface area contributed by atoms with Gasteiger partial charge in [0.15, 0.2) is 5.03 Å². The van der Waals surface area contributed by atoms with Gasteiger partial charge in [-0.2, -0.15) is 0 Å². The molecule has 0 atom stereocenters. The topological polar surface area (TPSA) is 85.1 Å². The molecule has 0 saturated heterocycles. The second-order valence-corrected chi connectivity index (χ2v) is 6.55. The molecule has 0 unspecified atom stereocenters. The second kappa shape index (κ2) is 5.18. The number of benzene rings is 1. The summed E-state index contributed by atoms with van der Waals surface area (Å²) in [6.45, 7) is 0. The van der Waals surface area contributed by atoms with E-state index in [1.54, 1.807) is 25.2 Å². The van der Waals surface area contributed by atoms with Crippen molar-refractivity contribution in [2.45, 2.75) is 9.92 Å². The fourth-order valence-electron chi connectivity index (χ4n) is 1.52. The van der Waals surface area contributed by atoms with Gasteiger partial charge >= 0.3 is 0 Å². The van der Waals surface area contributed by atoms with Gasteiger partial charge < -0.3 is 11.1 Å². The predicted molar refractivity (Wildman–Crippen MR) is 77.8 cm³/mol. The quantitative estimate of drug-likeness (QED) is 0.660. The Balaban J connectivity index is 2.56. The molecule has 2 aromatic rings. The molecule has 0 aliphatic carbocycles. The summed E-state index contributed by atoms with van der Waals surface area (Å²) in [5.41, 5.74) is 6.72. The minimum Gasteiger partial charge on any atom is -0.399 e. The number of nitrogens with two attached hydrogens (primary N) is 1. The van der Waals surface area contributed by atoms with Crippen LogP contribution in [0, 0.1) is 0 Å². The molecule has 0 bridgehead atoms. The molecule has 0 fully saturated rings. The molecule has 0 aliphatic heterocycles. The predicted octanol–water partition coefficient (Wildman–Crippen LogP) is 2.30. The molecule has 100 valence electrons. The van der Waals surface area contributed by atoms with Crippen molar-refractivity contribution in [3.05, 3.63) is 41.0 Å². The van der Waals surface area contributed by atoms with Crippen LogP contribution < -0.4 is 11.1 Å². The Labute approximate surface area is 119 Å². The molecule has 1 heterocycles. The highest BCUT2D eigenvalue weighted by Gasteiger charge is 2.20. The molecule has 0 radical (unpaired) electrons. The average Bonchev–Trinajstić information content (AvgIpc) is 2.38. The molecule has 1 aromatic carbocycles. The zero-order valence-corrected chi connectivity index (χ0v) is 12.5. The highest BCUT2D eigenvalue weighted by molar-refractivity contribution is 9.10. The van der Waals surface area contributed by atoms with Crippen molar-refractivity contribution >= 4 is 37.1 Å². The van der Waals surface area contributed by atoms with Crippen LogP contribution in [0.25, 0.3) is 0 Å². The van der Waals surface area contributed by atoms with Gasteiger partial charge in [0.05, 0.1) is 4.90 Å². The number of anilines is 2. The maximum absolute atomic E-state index is 12.4. The number of nitrogens with zero attached hydrogens (tertiary/aromatic N) is 1. The summed E-state index contributed by atoms with van der Waals surface area (Å²) in [6.07, 6.45) is 0. The van der Waals surface area contributed by atoms with Gasteiger partial charge in [0, 0.05) is 18.4 Å². The normalized spacial score (nSPS) is 11.3. The van der Waals surface area contributed by atoms with E-state index in [1.807, 2.05) is 0 Å². The number of hydrogen-bond acceptors (Lipinski definition) is 5. The lowest BCUT2D eigenvalue weighted by molar-refractivity contribution is 0.592. The summed E-state index contributed by atoms with van der Waals surface area (Å²) in [7, 11) is -1.94. The molecule has 7 heteroatoms. The number of hydrogen-bond donors (Lipinski definition) is 2.